The molecule has 0 fully saturated rings. The molecule has 0 saturated heterocycles. The molecule has 4 aromatic rings. The predicted octanol–water partition coefficient (Wildman–Crippen LogP) is 3.44. The summed E-state index contributed by atoms with van der Waals surface area (Å²) >= 11 is 0. The van der Waals surface area contributed by atoms with E-state index in [1.54, 1.807) is 12.3 Å². The summed E-state index contributed by atoms with van der Waals surface area (Å²) in [4.78, 5) is 4.71. The predicted molar refractivity (Wildman–Crippen MR) is 89.4 cm³/mol. The van der Waals surface area contributed by atoms with E-state index in [0.29, 0.717) is 24.1 Å². The van der Waals surface area contributed by atoms with Gasteiger partial charge in [-0.05, 0) is 31.2 Å². The second-order valence-corrected chi connectivity index (χ2v) is 5.29. The van der Waals surface area contributed by atoms with Crippen molar-refractivity contribution in [3.8, 4) is 11.6 Å². The number of fused-ring (bicyclic) bond motifs is 3. The summed E-state index contributed by atoms with van der Waals surface area (Å²) in [7, 11) is 0. The highest BCUT2D eigenvalue weighted by Crippen LogP contribution is 2.27. The summed E-state index contributed by atoms with van der Waals surface area (Å²) in [5.74, 6) is 1.92. The minimum absolute atomic E-state index is 0.593. The molecule has 0 aliphatic carbocycles. The number of rotatable bonds is 4. The van der Waals surface area contributed by atoms with E-state index in [-0.39, 0.29) is 0 Å². The van der Waals surface area contributed by atoms with E-state index in [1.165, 1.54) is 0 Å². The molecule has 0 saturated carbocycles. The third-order valence-electron chi connectivity index (χ3n) is 3.64. The zero-order valence-corrected chi connectivity index (χ0v) is 12.7. The van der Waals surface area contributed by atoms with Crippen molar-refractivity contribution in [1.82, 2.24) is 19.6 Å². The van der Waals surface area contributed by atoms with E-state index in [4.69, 9.17) is 9.40 Å². The van der Waals surface area contributed by atoms with E-state index >= 15 is 0 Å². The maximum absolute atomic E-state index is 5.48. The summed E-state index contributed by atoms with van der Waals surface area (Å²) < 4.78 is 7.36. The van der Waals surface area contributed by atoms with Crippen LogP contribution in [0.15, 0.2) is 53.7 Å². The van der Waals surface area contributed by atoms with Gasteiger partial charge in [-0.3, -0.25) is 0 Å². The highest BCUT2D eigenvalue weighted by molar-refractivity contribution is 5.93. The summed E-state index contributed by atoms with van der Waals surface area (Å²) in [5, 5.41) is 12.9. The Bertz CT molecular complexity index is 1000. The molecular weight excluding hydrogens is 290 g/mol. The van der Waals surface area contributed by atoms with Crippen LogP contribution in [0.1, 0.15) is 5.56 Å². The lowest BCUT2D eigenvalue weighted by Gasteiger charge is -2.10. The zero-order chi connectivity index (χ0) is 15.8. The Labute approximate surface area is 132 Å². The Kier molecular flexibility index (Phi) is 3.08. The molecule has 0 bridgehead atoms. The van der Waals surface area contributed by atoms with E-state index in [9.17, 15) is 0 Å². The van der Waals surface area contributed by atoms with Gasteiger partial charge in [-0.1, -0.05) is 17.7 Å². The highest BCUT2D eigenvalue weighted by atomic mass is 16.3. The fourth-order valence-corrected chi connectivity index (χ4v) is 2.60. The van der Waals surface area contributed by atoms with Gasteiger partial charge in [0.25, 0.3) is 0 Å². The van der Waals surface area contributed by atoms with Crippen LogP contribution < -0.4 is 5.32 Å². The molecule has 0 aliphatic heterocycles. The average Bonchev–Trinajstić information content (AvgIpc) is 3.21. The van der Waals surface area contributed by atoms with E-state index in [2.05, 4.69) is 28.2 Å². The van der Waals surface area contributed by atoms with E-state index < -0.39 is 0 Å². The van der Waals surface area contributed by atoms with E-state index in [0.717, 1.165) is 22.1 Å². The molecular formula is C17H15N5O. The molecule has 0 aliphatic rings. The molecule has 0 unspecified atom stereocenters. The fourth-order valence-electron chi connectivity index (χ4n) is 2.60. The van der Waals surface area contributed by atoms with Gasteiger partial charge in [-0.25, -0.2) is 9.38 Å². The molecule has 0 amide bonds. The van der Waals surface area contributed by atoms with Crippen molar-refractivity contribution in [2.24, 2.45) is 0 Å². The van der Waals surface area contributed by atoms with E-state index in [1.807, 2.05) is 35.6 Å². The SMILES string of the molecule is C=CCNc1nc2ccc(C)cc2c2nnc(-c3ccco3)n12. The van der Waals surface area contributed by atoms with Gasteiger partial charge in [-0.2, -0.15) is 0 Å². The molecule has 0 spiro atoms. The van der Waals surface area contributed by atoms with Crippen molar-refractivity contribution in [3.63, 3.8) is 0 Å². The topological polar surface area (TPSA) is 68.2 Å². The van der Waals surface area contributed by atoms with Crippen molar-refractivity contribution in [1.29, 1.82) is 0 Å². The Balaban J connectivity index is 2.08. The summed E-state index contributed by atoms with van der Waals surface area (Å²) in [6, 6.07) is 9.77. The number of aromatic nitrogens is 4. The van der Waals surface area contributed by atoms with Crippen LogP contribution in [0.25, 0.3) is 28.1 Å². The van der Waals surface area contributed by atoms with Gasteiger partial charge in [0.2, 0.25) is 11.8 Å². The van der Waals surface area contributed by atoms with Gasteiger partial charge >= 0.3 is 0 Å². The molecule has 3 heterocycles. The quantitative estimate of drug-likeness (QED) is 0.585. The summed E-state index contributed by atoms with van der Waals surface area (Å²) in [6.45, 7) is 6.38. The third kappa shape index (κ3) is 2.15. The summed E-state index contributed by atoms with van der Waals surface area (Å²) in [6.07, 6.45) is 3.40. The van der Waals surface area contributed by atoms with Gasteiger partial charge < -0.3 is 9.73 Å². The molecule has 114 valence electrons. The molecule has 4 rings (SSSR count). The number of furan rings is 1. The number of hydrogen-bond acceptors (Lipinski definition) is 5. The zero-order valence-electron chi connectivity index (χ0n) is 12.7. The molecule has 1 aromatic carbocycles. The third-order valence-corrected chi connectivity index (χ3v) is 3.64. The van der Waals surface area contributed by atoms with Crippen molar-refractivity contribution < 1.29 is 4.42 Å². The van der Waals surface area contributed by atoms with Crippen LogP contribution in [0.5, 0.6) is 0 Å². The van der Waals surface area contributed by atoms with Gasteiger partial charge in [0.05, 0.1) is 11.8 Å². The lowest BCUT2D eigenvalue weighted by atomic mass is 10.1. The monoisotopic (exact) mass is 305 g/mol. The highest BCUT2D eigenvalue weighted by Gasteiger charge is 2.17. The number of nitrogens with zero attached hydrogens (tertiary/aromatic N) is 4. The van der Waals surface area contributed by atoms with Crippen LogP contribution in [-0.4, -0.2) is 26.1 Å². The largest absolute Gasteiger partial charge is 0.461 e. The van der Waals surface area contributed by atoms with Crippen LogP contribution in [0.2, 0.25) is 0 Å². The molecule has 3 aromatic heterocycles. The Hall–Kier alpha value is -3.15. The standard InChI is InChI=1S/C17H15N5O/c1-3-8-18-17-19-13-7-6-11(2)10-12(13)15-20-21-16(22(15)17)14-5-4-9-23-14/h3-7,9-10H,1,8H2,2H3,(H,18,19). The molecule has 6 heteroatoms. The first-order chi connectivity index (χ1) is 11.3. The molecule has 23 heavy (non-hydrogen) atoms. The van der Waals surface area contributed by atoms with Crippen LogP contribution in [-0.2, 0) is 0 Å². The Morgan fingerprint density at radius 2 is 2.22 bits per heavy atom. The normalized spacial score (nSPS) is 11.2. The number of nitrogens with one attached hydrogen (secondary N) is 1. The van der Waals surface area contributed by atoms with Crippen molar-refractivity contribution in [2.45, 2.75) is 6.92 Å². The van der Waals surface area contributed by atoms with Gasteiger partial charge in [0.1, 0.15) is 0 Å². The number of hydrogen-bond donors (Lipinski definition) is 1. The second-order valence-electron chi connectivity index (χ2n) is 5.29. The lowest BCUT2D eigenvalue weighted by Crippen LogP contribution is -2.07. The first-order valence-corrected chi connectivity index (χ1v) is 7.32. The maximum atomic E-state index is 5.48. The molecule has 6 nitrogen and oxygen atoms in total. The van der Waals surface area contributed by atoms with Gasteiger partial charge in [0, 0.05) is 11.9 Å². The number of benzene rings is 1. The Morgan fingerprint density at radius 3 is 3.00 bits per heavy atom. The van der Waals surface area contributed by atoms with Gasteiger partial charge in [-0.15, -0.1) is 16.8 Å². The Morgan fingerprint density at radius 1 is 1.30 bits per heavy atom. The average molecular weight is 305 g/mol. The van der Waals surface area contributed by atoms with Crippen LogP contribution in [0.4, 0.5) is 5.95 Å². The maximum Gasteiger partial charge on any atom is 0.211 e. The van der Waals surface area contributed by atoms with Crippen molar-refractivity contribution >= 4 is 22.5 Å². The van der Waals surface area contributed by atoms with Crippen molar-refractivity contribution in [3.05, 3.63) is 54.8 Å². The smallest absolute Gasteiger partial charge is 0.211 e. The first-order valence-electron chi connectivity index (χ1n) is 7.32. The van der Waals surface area contributed by atoms with Crippen LogP contribution in [0.3, 0.4) is 0 Å². The summed E-state index contributed by atoms with van der Waals surface area (Å²) in [5.41, 5.74) is 2.76. The van der Waals surface area contributed by atoms with Crippen LogP contribution in [0, 0.1) is 6.92 Å². The minimum Gasteiger partial charge on any atom is -0.461 e. The number of aryl methyl sites for hydroxylation is 1. The van der Waals surface area contributed by atoms with Crippen LogP contribution >= 0.6 is 0 Å². The minimum atomic E-state index is 0.593. The first kappa shape index (κ1) is 13.5. The lowest BCUT2D eigenvalue weighted by molar-refractivity contribution is 0.576. The van der Waals surface area contributed by atoms with Gasteiger partial charge in [0.15, 0.2) is 11.4 Å². The molecule has 0 atom stereocenters. The fraction of sp³-hybridized carbons (Fsp3) is 0.118. The molecule has 0 radical (unpaired) electrons. The second kappa shape index (κ2) is 5.24. The molecule has 1 N–H and O–H groups in total. The van der Waals surface area contributed by atoms with Crippen molar-refractivity contribution in [2.75, 3.05) is 11.9 Å². The number of anilines is 1.